The van der Waals surface area contributed by atoms with Crippen molar-refractivity contribution in [2.45, 2.75) is 26.7 Å². The Morgan fingerprint density at radius 1 is 1.04 bits per heavy atom. The summed E-state index contributed by atoms with van der Waals surface area (Å²) >= 11 is 0. The molecule has 5 nitrogen and oxygen atoms in total. The second-order valence-electron chi connectivity index (χ2n) is 7.24. The minimum Gasteiger partial charge on any atom is -0.346 e. The van der Waals surface area contributed by atoms with Crippen molar-refractivity contribution in [2.24, 2.45) is 5.92 Å². The average molecular weight is 352 g/mol. The molecule has 0 aromatic heterocycles. The third-order valence-electron chi connectivity index (χ3n) is 4.69. The lowest BCUT2D eigenvalue weighted by Gasteiger charge is -2.27. The van der Waals surface area contributed by atoms with Gasteiger partial charge in [-0.2, -0.15) is 0 Å². The van der Waals surface area contributed by atoms with E-state index in [-0.39, 0.29) is 24.3 Å². The second kappa shape index (κ2) is 7.28. The summed E-state index contributed by atoms with van der Waals surface area (Å²) in [5, 5.41) is 1.63. The number of rotatable bonds is 6. The zero-order valence-corrected chi connectivity index (χ0v) is 15.5. The second-order valence-corrected chi connectivity index (χ2v) is 7.24. The van der Waals surface area contributed by atoms with Gasteiger partial charge in [0.05, 0.1) is 0 Å². The molecule has 0 radical (unpaired) electrons. The highest BCUT2D eigenvalue weighted by molar-refractivity contribution is 6.25. The van der Waals surface area contributed by atoms with Gasteiger partial charge in [-0.25, -0.2) is 0 Å². The molecule has 26 heavy (non-hydrogen) atoms. The average Bonchev–Trinajstić information content (AvgIpc) is 2.61. The van der Waals surface area contributed by atoms with E-state index >= 15 is 0 Å². The number of carbonyl (C=O) groups excluding carboxylic acids is 3. The maximum Gasteiger partial charge on any atom is 0.261 e. The Morgan fingerprint density at radius 3 is 2.15 bits per heavy atom. The SMILES string of the molecule is CC(C)CN(C)C(=O)CCCN1C(=O)c2cccc3cccc(c23)C1=O. The summed E-state index contributed by atoms with van der Waals surface area (Å²) in [5.74, 6) is -0.103. The fourth-order valence-electron chi connectivity index (χ4n) is 3.51. The Hall–Kier alpha value is -2.69. The van der Waals surface area contributed by atoms with E-state index in [1.165, 1.54) is 4.90 Å². The van der Waals surface area contributed by atoms with Crippen LogP contribution in [0.5, 0.6) is 0 Å². The zero-order valence-electron chi connectivity index (χ0n) is 15.5. The molecule has 136 valence electrons. The van der Waals surface area contributed by atoms with Gasteiger partial charge in [0.15, 0.2) is 0 Å². The van der Waals surface area contributed by atoms with Gasteiger partial charge >= 0.3 is 0 Å². The van der Waals surface area contributed by atoms with Crippen LogP contribution in [0.15, 0.2) is 36.4 Å². The minimum atomic E-state index is -0.276. The van der Waals surface area contributed by atoms with Gasteiger partial charge in [0.25, 0.3) is 11.8 Å². The van der Waals surface area contributed by atoms with E-state index in [0.29, 0.717) is 36.4 Å². The van der Waals surface area contributed by atoms with Gasteiger partial charge in [-0.05, 0) is 29.9 Å². The summed E-state index contributed by atoms with van der Waals surface area (Å²) in [6.07, 6.45) is 0.795. The molecule has 1 heterocycles. The fraction of sp³-hybridized carbons (Fsp3) is 0.381. The van der Waals surface area contributed by atoms with Crippen LogP contribution in [0.25, 0.3) is 10.8 Å². The molecule has 0 atom stereocenters. The first-order valence-corrected chi connectivity index (χ1v) is 9.02. The van der Waals surface area contributed by atoms with Crippen LogP contribution in [0.4, 0.5) is 0 Å². The summed E-state index contributed by atoms with van der Waals surface area (Å²) in [5.41, 5.74) is 1.11. The summed E-state index contributed by atoms with van der Waals surface area (Å²) in [4.78, 5) is 40.7. The van der Waals surface area contributed by atoms with Crippen LogP contribution in [0.3, 0.4) is 0 Å². The number of hydrogen-bond donors (Lipinski definition) is 0. The maximum absolute atomic E-state index is 12.8. The normalized spacial score (nSPS) is 13.6. The Kier molecular flexibility index (Phi) is 5.07. The van der Waals surface area contributed by atoms with E-state index in [0.717, 1.165) is 10.8 Å². The van der Waals surface area contributed by atoms with Crippen LogP contribution in [-0.2, 0) is 4.79 Å². The molecule has 0 N–H and O–H groups in total. The molecular weight excluding hydrogens is 328 g/mol. The van der Waals surface area contributed by atoms with E-state index < -0.39 is 0 Å². The number of amides is 3. The molecule has 0 saturated heterocycles. The Bertz CT molecular complexity index is 822. The Balaban J connectivity index is 1.72. The number of imide groups is 1. The number of carbonyl (C=O) groups is 3. The highest BCUT2D eigenvalue weighted by Gasteiger charge is 2.32. The minimum absolute atomic E-state index is 0.0399. The standard InChI is InChI=1S/C21H24N2O3/c1-14(2)13-22(3)18(24)11-6-12-23-20(25)16-9-4-7-15-8-5-10-17(19(15)16)21(23)26/h4-5,7-10,14H,6,11-13H2,1-3H3. The van der Waals surface area contributed by atoms with Crippen LogP contribution < -0.4 is 0 Å². The van der Waals surface area contributed by atoms with Crippen LogP contribution in [0, 0.1) is 5.92 Å². The lowest BCUT2D eigenvalue weighted by Crippen LogP contribution is -2.41. The lowest BCUT2D eigenvalue weighted by atomic mass is 9.94. The van der Waals surface area contributed by atoms with Gasteiger partial charge in [-0.15, -0.1) is 0 Å². The van der Waals surface area contributed by atoms with Gasteiger partial charge in [-0.1, -0.05) is 38.1 Å². The molecule has 2 aromatic carbocycles. The smallest absolute Gasteiger partial charge is 0.261 e. The molecule has 1 aliphatic heterocycles. The molecule has 3 rings (SSSR count). The summed E-state index contributed by atoms with van der Waals surface area (Å²) in [6.45, 7) is 5.08. The van der Waals surface area contributed by atoms with E-state index in [9.17, 15) is 14.4 Å². The molecule has 0 fully saturated rings. The molecule has 0 aliphatic carbocycles. The monoisotopic (exact) mass is 352 g/mol. The van der Waals surface area contributed by atoms with Crippen molar-refractivity contribution in [2.75, 3.05) is 20.1 Å². The van der Waals surface area contributed by atoms with Gasteiger partial charge in [0.2, 0.25) is 5.91 Å². The number of hydrogen-bond acceptors (Lipinski definition) is 3. The Labute approximate surface area is 153 Å². The van der Waals surface area contributed by atoms with Gasteiger partial charge in [0.1, 0.15) is 0 Å². The Morgan fingerprint density at radius 2 is 1.62 bits per heavy atom. The maximum atomic E-state index is 12.8. The molecule has 0 saturated carbocycles. The van der Waals surface area contributed by atoms with Gasteiger partial charge in [-0.3, -0.25) is 19.3 Å². The predicted molar refractivity (Wildman–Crippen MR) is 101 cm³/mol. The third kappa shape index (κ3) is 3.34. The highest BCUT2D eigenvalue weighted by Crippen LogP contribution is 2.30. The highest BCUT2D eigenvalue weighted by atomic mass is 16.2. The molecular formula is C21H24N2O3. The number of nitrogens with zero attached hydrogens (tertiary/aromatic N) is 2. The van der Waals surface area contributed by atoms with Crippen molar-refractivity contribution in [1.29, 1.82) is 0 Å². The molecule has 3 amide bonds. The van der Waals surface area contributed by atoms with Crippen LogP contribution in [0.1, 0.15) is 47.4 Å². The first kappa shape index (κ1) is 18.1. The van der Waals surface area contributed by atoms with E-state index in [2.05, 4.69) is 13.8 Å². The van der Waals surface area contributed by atoms with Crippen molar-refractivity contribution in [3.05, 3.63) is 47.5 Å². The molecule has 0 unspecified atom stereocenters. The predicted octanol–water partition coefficient (Wildman–Crippen LogP) is 3.33. The quantitative estimate of drug-likeness (QED) is 0.749. The van der Waals surface area contributed by atoms with Gasteiger partial charge in [0, 0.05) is 43.1 Å². The molecule has 5 heteroatoms. The molecule has 0 bridgehead atoms. The lowest BCUT2D eigenvalue weighted by molar-refractivity contribution is -0.130. The van der Waals surface area contributed by atoms with Crippen molar-refractivity contribution < 1.29 is 14.4 Å². The third-order valence-corrected chi connectivity index (χ3v) is 4.69. The zero-order chi connectivity index (χ0) is 18.8. The fourth-order valence-corrected chi connectivity index (χ4v) is 3.51. The molecule has 2 aromatic rings. The van der Waals surface area contributed by atoms with Crippen molar-refractivity contribution in [3.8, 4) is 0 Å². The molecule has 1 aliphatic rings. The first-order valence-electron chi connectivity index (χ1n) is 9.02. The first-order chi connectivity index (χ1) is 12.4. The van der Waals surface area contributed by atoms with Crippen LogP contribution in [-0.4, -0.2) is 47.7 Å². The summed E-state index contributed by atoms with van der Waals surface area (Å²) < 4.78 is 0. The largest absolute Gasteiger partial charge is 0.346 e. The van der Waals surface area contributed by atoms with Gasteiger partial charge < -0.3 is 4.90 Å². The summed E-state index contributed by atoms with van der Waals surface area (Å²) in [7, 11) is 1.79. The number of benzene rings is 2. The summed E-state index contributed by atoms with van der Waals surface area (Å²) in [6, 6.07) is 11.0. The molecule has 0 spiro atoms. The van der Waals surface area contributed by atoms with Crippen molar-refractivity contribution >= 4 is 28.5 Å². The van der Waals surface area contributed by atoms with E-state index in [1.807, 2.05) is 24.3 Å². The van der Waals surface area contributed by atoms with Crippen LogP contribution in [0.2, 0.25) is 0 Å². The topological polar surface area (TPSA) is 57.7 Å². The van der Waals surface area contributed by atoms with E-state index in [4.69, 9.17) is 0 Å². The van der Waals surface area contributed by atoms with Crippen molar-refractivity contribution in [3.63, 3.8) is 0 Å². The van der Waals surface area contributed by atoms with E-state index in [1.54, 1.807) is 24.1 Å². The van der Waals surface area contributed by atoms with Crippen LogP contribution >= 0.6 is 0 Å². The van der Waals surface area contributed by atoms with Crippen molar-refractivity contribution in [1.82, 2.24) is 9.80 Å².